The Morgan fingerprint density at radius 1 is 1.04 bits per heavy atom. The van der Waals surface area contributed by atoms with Gasteiger partial charge in [0, 0.05) is 23.6 Å². The highest BCUT2D eigenvalue weighted by Gasteiger charge is 2.09. The number of H-pyrrole nitrogens is 1. The van der Waals surface area contributed by atoms with Crippen molar-refractivity contribution in [2.45, 2.75) is 0 Å². The van der Waals surface area contributed by atoms with Crippen LogP contribution in [-0.4, -0.2) is 23.9 Å². The molecule has 0 spiro atoms. The molecule has 0 fully saturated rings. The van der Waals surface area contributed by atoms with Gasteiger partial charge in [-0.3, -0.25) is 9.79 Å². The summed E-state index contributed by atoms with van der Waals surface area (Å²) >= 11 is 0. The zero-order valence-electron chi connectivity index (χ0n) is 12.4. The minimum atomic E-state index is -0.181. The number of hydrogen-bond donors (Lipinski definition) is 2. The van der Waals surface area contributed by atoms with E-state index in [1.165, 1.54) is 6.07 Å². The first kappa shape index (κ1) is 13.6. The third-order valence-electron chi connectivity index (χ3n) is 3.74. The van der Waals surface area contributed by atoms with Gasteiger partial charge >= 0.3 is 0 Å². The fraction of sp³-hybridized carbons (Fsp3) is 0.111. The number of nitrogens with zero attached hydrogens (tertiary/aromatic N) is 1. The Morgan fingerprint density at radius 2 is 1.87 bits per heavy atom. The van der Waals surface area contributed by atoms with Crippen molar-refractivity contribution in [2.75, 3.05) is 13.1 Å². The molecule has 3 aromatic rings. The van der Waals surface area contributed by atoms with Gasteiger partial charge in [-0.1, -0.05) is 12.1 Å². The van der Waals surface area contributed by atoms with E-state index in [0.717, 1.165) is 35.4 Å². The first-order chi connectivity index (χ1) is 11.3. The highest BCUT2D eigenvalue weighted by molar-refractivity contribution is 5.99. The first-order valence-corrected chi connectivity index (χ1v) is 7.48. The van der Waals surface area contributed by atoms with Gasteiger partial charge in [-0.2, -0.15) is 0 Å². The molecule has 2 heterocycles. The predicted octanol–water partition coefficient (Wildman–Crippen LogP) is 2.67. The highest BCUT2D eigenvalue weighted by Crippen LogP contribution is 2.27. The maximum absolute atomic E-state index is 11.8. The summed E-state index contributed by atoms with van der Waals surface area (Å²) in [7, 11) is 0. The van der Waals surface area contributed by atoms with E-state index >= 15 is 0 Å². The highest BCUT2D eigenvalue weighted by atomic mass is 16.5. The summed E-state index contributed by atoms with van der Waals surface area (Å²) in [5.41, 5.74) is 1.61. The minimum absolute atomic E-state index is 0.181. The molecule has 1 aliphatic heterocycles. The number of para-hydroxylation sites is 1. The van der Waals surface area contributed by atoms with Crippen molar-refractivity contribution in [3.8, 4) is 11.5 Å². The molecule has 5 nitrogen and oxygen atoms in total. The van der Waals surface area contributed by atoms with Crippen LogP contribution in [0.2, 0.25) is 0 Å². The Bertz CT molecular complexity index is 942. The lowest BCUT2D eigenvalue weighted by atomic mass is 10.2. The molecular formula is C18H15N3O2. The van der Waals surface area contributed by atoms with E-state index in [2.05, 4.69) is 15.3 Å². The van der Waals surface area contributed by atoms with E-state index in [4.69, 9.17) is 4.74 Å². The van der Waals surface area contributed by atoms with Crippen LogP contribution in [0.1, 0.15) is 5.56 Å². The molecule has 0 amide bonds. The lowest BCUT2D eigenvalue weighted by molar-refractivity contribution is 0.487. The van der Waals surface area contributed by atoms with Gasteiger partial charge in [0.25, 0.3) is 5.56 Å². The lowest BCUT2D eigenvalue weighted by Crippen LogP contribution is -2.19. The van der Waals surface area contributed by atoms with Gasteiger partial charge in [-0.15, -0.1) is 0 Å². The second kappa shape index (κ2) is 5.61. The van der Waals surface area contributed by atoms with E-state index in [-0.39, 0.29) is 5.56 Å². The van der Waals surface area contributed by atoms with Gasteiger partial charge in [0.1, 0.15) is 17.3 Å². The summed E-state index contributed by atoms with van der Waals surface area (Å²) in [5.74, 6) is 2.15. The summed E-state index contributed by atoms with van der Waals surface area (Å²) in [6.45, 7) is 1.69. The number of amidine groups is 1. The fourth-order valence-corrected chi connectivity index (χ4v) is 2.66. The molecule has 0 bridgehead atoms. The number of rotatable bonds is 3. The molecule has 0 aliphatic carbocycles. The molecule has 1 aliphatic rings. The van der Waals surface area contributed by atoms with Crippen molar-refractivity contribution in [2.24, 2.45) is 4.99 Å². The maximum Gasteiger partial charge on any atom is 0.252 e. The summed E-state index contributed by atoms with van der Waals surface area (Å²) in [6, 6.07) is 16.7. The van der Waals surface area contributed by atoms with Crippen LogP contribution < -0.4 is 15.6 Å². The molecule has 0 atom stereocenters. The number of nitrogens with one attached hydrogen (secondary N) is 2. The average Bonchev–Trinajstić information content (AvgIpc) is 3.10. The van der Waals surface area contributed by atoms with Gasteiger partial charge in [-0.25, -0.2) is 0 Å². The van der Waals surface area contributed by atoms with Crippen LogP contribution in [-0.2, 0) is 0 Å². The van der Waals surface area contributed by atoms with Gasteiger partial charge < -0.3 is 15.0 Å². The monoisotopic (exact) mass is 305 g/mol. The molecule has 1 aromatic heterocycles. The third kappa shape index (κ3) is 2.68. The standard InChI is InChI=1S/C18H15N3O2/c22-17-11-16(14-3-1-2-4-15(14)21-17)23-13-7-5-12(6-8-13)18-19-9-10-20-18/h1-8,11H,9-10H2,(H,19,20)(H,21,22). The largest absolute Gasteiger partial charge is 0.456 e. The minimum Gasteiger partial charge on any atom is -0.456 e. The molecule has 23 heavy (non-hydrogen) atoms. The number of hydrogen-bond acceptors (Lipinski definition) is 4. The van der Waals surface area contributed by atoms with Gasteiger partial charge in [0.05, 0.1) is 12.1 Å². The molecule has 5 heteroatoms. The number of pyridine rings is 1. The van der Waals surface area contributed by atoms with Crippen LogP contribution in [0.5, 0.6) is 11.5 Å². The van der Waals surface area contributed by atoms with Crippen LogP contribution in [0.25, 0.3) is 10.9 Å². The smallest absolute Gasteiger partial charge is 0.252 e. The molecular weight excluding hydrogens is 290 g/mol. The number of ether oxygens (including phenoxy) is 1. The van der Waals surface area contributed by atoms with E-state index in [9.17, 15) is 4.79 Å². The van der Waals surface area contributed by atoms with Crippen LogP contribution in [0.15, 0.2) is 64.4 Å². The Hall–Kier alpha value is -3.08. The topological polar surface area (TPSA) is 66.5 Å². The van der Waals surface area contributed by atoms with Crippen LogP contribution in [0.4, 0.5) is 0 Å². The molecule has 0 unspecified atom stereocenters. The van der Waals surface area contributed by atoms with Crippen molar-refractivity contribution in [3.05, 3.63) is 70.5 Å². The van der Waals surface area contributed by atoms with Crippen LogP contribution >= 0.6 is 0 Å². The SMILES string of the molecule is O=c1cc(Oc2ccc(C3=NCCN3)cc2)c2ccccc2[nH]1. The van der Waals surface area contributed by atoms with E-state index < -0.39 is 0 Å². The second-order valence-corrected chi connectivity index (χ2v) is 5.33. The molecule has 0 radical (unpaired) electrons. The van der Waals surface area contributed by atoms with E-state index in [1.54, 1.807) is 0 Å². The van der Waals surface area contributed by atoms with Crippen molar-refractivity contribution in [1.82, 2.24) is 10.3 Å². The Labute approximate surface area is 132 Å². The van der Waals surface area contributed by atoms with Gasteiger partial charge in [-0.05, 0) is 36.4 Å². The zero-order chi connectivity index (χ0) is 15.6. The number of fused-ring (bicyclic) bond motifs is 1. The summed E-state index contributed by atoms with van der Waals surface area (Å²) in [6.07, 6.45) is 0. The number of benzene rings is 2. The quantitative estimate of drug-likeness (QED) is 0.782. The second-order valence-electron chi connectivity index (χ2n) is 5.33. The van der Waals surface area contributed by atoms with Crippen LogP contribution in [0, 0.1) is 0 Å². The molecule has 2 aromatic carbocycles. The Morgan fingerprint density at radius 3 is 2.65 bits per heavy atom. The number of aliphatic imine (C=N–C) groups is 1. The Balaban J connectivity index is 1.67. The van der Waals surface area contributed by atoms with E-state index in [0.29, 0.717) is 11.5 Å². The van der Waals surface area contributed by atoms with Crippen molar-refractivity contribution in [1.29, 1.82) is 0 Å². The molecule has 4 rings (SSSR count). The molecule has 114 valence electrons. The molecule has 2 N–H and O–H groups in total. The van der Waals surface area contributed by atoms with Crippen LogP contribution in [0.3, 0.4) is 0 Å². The van der Waals surface area contributed by atoms with Crippen molar-refractivity contribution < 1.29 is 4.74 Å². The Kier molecular flexibility index (Phi) is 3.31. The number of aromatic nitrogens is 1. The summed E-state index contributed by atoms with van der Waals surface area (Å²) in [4.78, 5) is 19.0. The van der Waals surface area contributed by atoms with Gasteiger partial charge in [0.2, 0.25) is 0 Å². The van der Waals surface area contributed by atoms with Crippen molar-refractivity contribution >= 4 is 16.7 Å². The lowest BCUT2D eigenvalue weighted by Gasteiger charge is -2.09. The van der Waals surface area contributed by atoms with E-state index in [1.807, 2.05) is 48.5 Å². The first-order valence-electron chi connectivity index (χ1n) is 7.48. The predicted molar refractivity (Wildman–Crippen MR) is 90.5 cm³/mol. The average molecular weight is 305 g/mol. The zero-order valence-corrected chi connectivity index (χ0v) is 12.4. The number of aromatic amines is 1. The summed E-state index contributed by atoms with van der Waals surface area (Å²) in [5, 5.41) is 4.11. The maximum atomic E-state index is 11.8. The molecule has 0 saturated carbocycles. The van der Waals surface area contributed by atoms with Gasteiger partial charge in [0.15, 0.2) is 0 Å². The molecule has 0 saturated heterocycles. The summed E-state index contributed by atoms with van der Waals surface area (Å²) < 4.78 is 5.91. The normalized spacial score (nSPS) is 13.7. The van der Waals surface area contributed by atoms with Crippen molar-refractivity contribution in [3.63, 3.8) is 0 Å². The fourth-order valence-electron chi connectivity index (χ4n) is 2.66. The third-order valence-corrected chi connectivity index (χ3v) is 3.74.